The molecule has 1 aromatic carbocycles. The maximum Gasteiger partial charge on any atom is 0.148 e. The number of rotatable bonds is 5. The predicted molar refractivity (Wildman–Crippen MR) is 70.6 cm³/mol. The van der Waals surface area contributed by atoms with Gasteiger partial charge in [0.05, 0.1) is 5.75 Å². The van der Waals surface area contributed by atoms with Crippen LogP contribution in [0.15, 0.2) is 24.3 Å². The highest BCUT2D eigenvalue weighted by Crippen LogP contribution is 2.06. The van der Waals surface area contributed by atoms with Gasteiger partial charge in [-0.1, -0.05) is 12.1 Å². The molecule has 84 valence electrons. The highest BCUT2D eigenvalue weighted by atomic mass is 127. The molecule has 0 aliphatic heterocycles. The fraction of sp³-hybridized carbons (Fsp3) is 0.400. The van der Waals surface area contributed by atoms with Crippen molar-refractivity contribution in [3.8, 4) is 0 Å². The first-order valence-corrected chi connectivity index (χ1v) is 7.74. The summed E-state index contributed by atoms with van der Waals surface area (Å²) < 4.78 is 22.9. The van der Waals surface area contributed by atoms with Gasteiger partial charge in [0, 0.05) is 22.9 Å². The van der Waals surface area contributed by atoms with Crippen LogP contribution in [0.1, 0.15) is 5.56 Å². The van der Waals surface area contributed by atoms with Crippen molar-refractivity contribution in [2.24, 2.45) is 0 Å². The van der Waals surface area contributed by atoms with Crippen LogP contribution in [0.3, 0.4) is 0 Å². The summed E-state index contributed by atoms with van der Waals surface area (Å²) in [5.41, 5.74) is 1.17. The van der Waals surface area contributed by atoms with Gasteiger partial charge in [-0.15, -0.1) is 0 Å². The zero-order valence-corrected chi connectivity index (χ0v) is 11.5. The summed E-state index contributed by atoms with van der Waals surface area (Å²) in [7, 11) is -2.85. The average molecular weight is 339 g/mol. The largest absolute Gasteiger partial charge is 0.312 e. The molecule has 0 aromatic heterocycles. The number of nitrogens with one attached hydrogen (secondary N) is 1. The summed E-state index contributed by atoms with van der Waals surface area (Å²) in [5.74, 6) is 0.192. The Morgan fingerprint density at radius 1 is 1.27 bits per heavy atom. The molecule has 0 heterocycles. The Kier molecular flexibility index (Phi) is 5.01. The lowest BCUT2D eigenvalue weighted by molar-refractivity contribution is 0.596. The number of sulfone groups is 1. The van der Waals surface area contributed by atoms with Gasteiger partial charge in [-0.3, -0.25) is 0 Å². The van der Waals surface area contributed by atoms with Gasteiger partial charge in [-0.2, -0.15) is 0 Å². The first-order valence-electron chi connectivity index (χ1n) is 4.60. The number of hydrogen-bond acceptors (Lipinski definition) is 3. The van der Waals surface area contributed by atoms with E-state index in [1.54, 1.807) is 0 Å². The van der Waals surface area contributed by atoms with Crippen molar-refractivity contribution in [2.45, 2.75) is 6.54 Å². The van der Waals surface area contributed by atoms with E-state index in [9.17, 15) is 8.42 Å². The molecule has 0 bridgehead atoms. The predicted octanol–water partition coefficient (Wildman–Crippen LogP) is 1.43. The Morgan fingerprint density at radius 2 is 1.87 bits per heavy atom. The zero-order valence-electron chi connectivity index (χ0n) is 8.53. The van der Waals surface area contributed by atoms with Crippen LogP contribution in [-0.2, 0) is 16.4 Å². The van der Waals surface area contributed by atoms with Crippen LogP contribution in [0, 0.1) is 3.57 Å². The molecule has 0 fully saturated rings. The maximum atomic E-state index is 10.8. The highest BCUT2D eigenvalue weighted by Gasteiger charge is 2.00. The lowest BCUT2D eigenvalue weighted by Crippen LogP contribution is -2.21. The molecular formula is C10H14INO2S. The van der Waals surface area contributed by atoms with E-state index in [-0.39, 0.29) is 5.75 Å². The van der Waals surface area contributed by atoms with Crippen LogP contribution < -0.4 is 5.32 Å². The Balaban J connectivity index is 2.29. The third-order valence-corrected chi connectivity index (χ3v) is 3.56. The standard InChI is InChI=1S/C10H14INO2S/c1-15(13,14)7-6-12-8-9-2-4-10(11)5-3-9/h2-5,12H,6-8H2,1H3. The Labute approximate surface area is 104 Å². The van der Waals surface area contributed by atoms with E-state index < -0.39 is 9.84 Å². The van der Waals surface area contributed by atoms with Crippen LogP contribution in [0.5, 0.6) is 0 Å². The summed E-state index contributed by atoms with van der Waals surface area (Å²) in [5, 5.41) is 3.10. The van der Waals surface area contributed by atoms with Gasteiger partial charge >= 0.3 is 0 Å². The SMILES string of the molecule is CS(=O)(=O)CCNCc1ccc(I)cc1. The van der Waals surface area contributed by atoms with E-state index in [0.717, 1.165) is 0 Å². The molecule has 0 amide bonds. The number of benzene rings is 1. The fourth-order valence-corrected chi connectivity index (χ4v) is 1.97. The first-order chi connectivity index (χ1) is 6.97. The molecule has 0 spiro atoms. The molecule has 0 saturated heterocycles. The topological polar surface area (TPSA) is 46.2 Å². The van der Waals surface area contributed by atoms with Gasteiger partial charge in [0.2, 0.25) is 0 Å². The quantitative estimate of drug-likeness (QED) is 0.652. The van der Waals surface area contributed by atoms with E-state index >= 15 is 0 Å². The van der Waals surface area contributed by atoms with Gasteiger partial charge < -0.3 is 5.32 Å². The van der Waals surface area contributed by atoms with Gasteiger partial charge in [0.15, 0.2) is 0 Å². The molecule has 3 nitrogen and oxygen atoms in total. The molecule has 0 unspecified atom stereocenters. The number of halogens is 1. The van der Waals surface area contributed by atoms with Crippen LogP contribution in [0.4, 0.5) is 0 Å². The molecule has 1 aromatic rings. The summed E-state index contributed by atoms with van der Waals surface area (Å²) in [6.45, 7) is 1.22. The van der Waals surface area contributed by atoms with Gasteiger partial charge in [-0.05, 0) is 40.3 Å². The second kappa shape index (κ2) is 5.81. The van der Waals surface area contributed by atoms with Crippen molar-refractivity contribution in [3.63, 3.8) is 0 Å². The monoisotopic (exact) mass is 339 g/mol. The van der Waals surface area contributed by atoms with Crippen molar-refractivity contribution in [3.05, 3.63) is 33.4 Å². The van der Waals surface area contributed by atoms with Gasteiger partial charge in [0.1, 0.15) is 9.84 Å². The molecule has 15 heavy (non-hydrogen) atoms. The minimum atomic E-state index is -2.85. The first kappa shape index (κ1) is 12.9. The molecule has 1 rings (SSSR count). The molecule has 0 radical (unpaired) electrons. The Bertz CT molecular complexity index is 400. The van der Waals surface area contributed by atoms with Crippen LogP contribution >= 0.6 is 22.6 Å². The second-order valence-electron chi connectivity index (χ2n) is 3.43. The fourth-order valence-electron chi connectivity index (χ4n) is 1.09. The van der Waals surface area contributed by atoms with E-state index in [1.807, 2.05) is 24.3 Å². The minimum Gasteiger partial charge on any atom is -0.312 e. The van der Waals surface area contributed by atoms with Gasteiger partial charge in [0.25, 0.3) is 0 Å². The molecule has 0 aliphatic carbocycles. The summed E-state index contributed by atoms with van der Waals surface area (Å²) in [4.78, 5) is 0. The van der Waals surface area contributed by atoms with Crippen molar-refractivity contribution in [2.75, 3.05) is 18.6 Å². The smallest absolute Gasteiger partial charge is 0.148 e. The molecule has 1 N–H and O–H groups in total. The van der Waals surface area contributed by atoms with Crippen molar-refractivity contribution in [1.82, 2.24) is 5.32 Å². The third kappa shape index (κ3) is 6.11. The Hall–Kier alpha value is -0.140. The molecule has 5 heteroatoms. The summed E-state index contributed by atoms with van der Waals surface area (Å²) in [6.07, 6.45) is 1.25. The third-order valence-electron chi connectivity index (χ3n) is 1.89. The normalized spacial score (nSPS) is 11.6. The maximum absolute atomic E-state index is 10.8. The summed E-state index contributed by atoms with van der Waals surface area (Å²) in [6, 6.07) is 8.15. The molecule has 0 saturated carbocycles. The molecular weight excluding hydrogens is 325 g/mol. The second-order valence-corrected chi connectivity index (χ2v) is 6.94. The van der Waals surface area contributed by atoms with E-state index in [0.29, 0.717) is 13.1 Å². The minimum absolute atomic E-state index is 0.192. The van der Waals surface area contributed by atoms with Crippen molar-refractivity contribution in [1.29, 1.82) is 0 Å². The lowest BCUT2D eigenvalue weighted by Gasteiger charge is -2.03. The zero-order chi connectivity index (χ0) is 11.3. The molecule has 0 atom stereocenters. The van der Waals surface area contributed by atoms with Crippen LogP contribution in [0.2, 0.25) is 0 Å². The average Bonchev–Trinajstić information content (AvgIpc) is 2.14. The van der Waals surface area contributed by atoms with Crippen LogP contribution in [-0.4, -0.2) is 27.0 Å². The molecule has 0 aliphatic rings. The van der Waals surface area contributed by atoms with E-state index in [1.165, 1.54) is 15.4 Å². The Morgan fingerprint density at radius 3 is 2.40 bits per heavy atom. The van der Waals surface area contributed by atoms with E-state index in [2.05, 4.69) is 27.9 Å². The van der Waals surface area contributed by atoms with E-state index in [4.69, 9.17) is 0 Å². The number of hydrogen-bond donors (Lipinski definition) is 1. The van der Waals surface area contributed by atoms with Gasteiger partial charge in [-0.25, -0.2) is 8.42 Å². The lowest BCUT2D eigenvalue weighted by atomic mass is 10.2. The highest BCUT2D eigenvalue weighted by molar-refractivity contribution is 14.1. The van der Waals surface area contributed by atoms with Crippen LogP contribution in [0.25, 0.3) is 0 Å². The van der Waals surface area contributed by atoms with Crippen molar-refractivity contribution < 1.29 is 8.42 Å². The summed E-state index contributed by atoms with van der Waals surface area (Å²) >= 11 is 2.25. The van der Waals surface area contributed by atoms with Crippen molar-refractivity contribution >= 4 is 32.4 Å².